The molecule has 4 saturated carbocycles. The predicted molar refractivity (Wildman–Crippen MR) is 135 cm³/mol. The van der Waals surface area contributed by atoms with Crippen LogP contribution >= 0.6 is 22.6 Å². The van der Waals surface area contributed by atoms with Crippen LogP contribution in [-0.2, 0) is 19.1 Å². The van der Waals surface area contributed by atoms with E-state index in [4.69, 9.17) is 9.47 Å². The van der Waals surface area contributed by atoms with Crippen LogP contribution in [0, 0.1) is 16.7 Å². The highest BCUT2D eigenvalue weighted by Crippen LogP contribution is 2.73. The Kier molecular flexibility index (Phi) is 7.88. The first-order valence-electron chi connectivity index (χ1n) is 12.9. The van der Waals surface area contributed by atoms with Crippen molar-refractivity contribution in [3.63, 3.8) is 0 Å². The molecule has 3 atom stereocenters. The van der Waals surface area contributed by atoms with E-state index in [9.17, 15) is 19.8 Å². The number of hydrogen-bond donors (Lipinski definition) is 2. The van der Waals surface area contributed by atoms with Gasteiger partial charge >= 0.3 is 11.9 Å². The fraction of sp³-hybridized carbons (Fsp3) is 0.923. The first-order valence-corrected chi connectivity index (χ1v) is 14.1. The van der Waals surface area contributed by atoms with Crippen LogP contribution in [0.5, 0.6) is 0 Å². The molecule has 0 amide bonds. The van der Waals surface area contributed by atoms with Crippen molar-refractivity contribution in [1.29, 1.82) is 0 Å². The zero-order valence-electron chi connectivity index (χ0n) is 21.0. The van der Waals surface area contributed by atoms with E-state index in [0.717, 1.165) is 25.7 Å². The standard InChI is InChI=1S/C26H43IO6/c1-6-19(27)21(29)32-14-20(28)33-24-13-18-11-22(16-24,25(30,7-2)8-3)15-23(12-18,17-24)26(31,9-4)10-5/h18-19,30-31H,6-17H2,1-5H3. The summed E-state index contributed by atoms with van der Waals surface area (Å²) in [4.78, 5) is 25.0. The van der Waals surface area contributed by atoms with E-state index in [1.165, 1.54) is 0 Å². The third kappa shape index (κ3) is 4.48. The summed E-state index contributed by atoms with van der Waals surface area (Å²) in [7, 11) is 0. The third-order valence-electron chi connectivity index (χ3n) is 9.61. The Morgan fingerprint density at radius 3 is 1.82 bits per heavy atom. The Morgan fingerprint density at radius 1 is 0.909 bits per heavy atom. The van der Waals surface area contributed by atoms with Crippen molar-refractivity contribution in [2.24, 2.45) is 16.7 Å². The first kappa shape index (κ1) is 27.2. The molecule has 0 aromatic heterocycles. The predicted octanol–water partition coefficient (Wildman–Crippen LogP) is 5.10. The highest BCUT2D eigenvalue weighted by atomic mass is 127. The van der Waals surface area contributed by atoms with Gasteiger partial charge in [0, 0.05) is 10.8 Å². The van der Waals surface area contributed by atoms with Crippen LogP contribution < -0.4 is 0 Å². The van der Waals surface area contributed by atoms with Gasteiger partial charge in [0.05, 0.1) is 11.2 Å². The van der Waals surface area contributed by atoms with Crippen molar-refractivity contribution in [1.82, 2.24) is 0 Å². The molecule has 0 aromatic carbocycles. The number of alkyl halides is 1. The summed E-state index contributed by atoms with van der Waals surface area (Å²) in [6.07, 6.45) is 7.78. The van der Waals surface area contributed by atoms with E-state index in [1.807, 2.05) is 57.2 Å². The van der Waals surface area contributed by atoms with Gasteiger partial charge in [-0.05, 0) is 76.5 Å². The zero-order valence-corrected chi connectivity index (χ0v) is 23.2. The summed E-state index contributed by atoms with van der Waals surface area (Å²) in [6, 6.07) is 0. The van der Waals surface area contributed by atoms with Crippen LogP contribution in [-0.4, -0.2) is 49.5 Å². The average molecular weight is 579 g/mol. The number of carbonyl (C=O) groups is 2. The summed E-state index contributed by atoms with van der Waals surface area (Å²) in [5.41, 5.74) is -3.23. The fourth-order valence-corrected chi connectivity index (χ4v) is 8.34. The van der Waals surface area contributed by atoms with Crippen molar-refractivity contribution in [3.8, 4) is 0 Å². The molecule has 2 N–H and O–H groups in total. The van der Waals surface area contributed by atoms with Gasteiger partial charge in [0.15, 0.2) is 6.61 Å². The molecule has 4 rings (SSSR count). The average Bonchev–Trinajstić information content (AvgIpc) is 2.79. The lowest BCUT2D eigenvalue weighted by Gasteiger charge is -2.71. The van der Waals surface area contributed by atoms with Crippen LogP contribution in [0.1, 0.15) is 105 Å². The Labute approximate surface area is 212 Å². The van der Waals surface area contributed by atoms with Crippen LogP contribution in [0.15, 0.2) is 0 Å². The lowest BCUT2D eigenvalue weighted by molar-refractivity contribution is -0.298. The molecule has 0 aliphatic heterocycles. The summed E-state index contributed by atoms with van der Waals surface area (Å²) < 4.78 is 11.1. The Morgan fingerprint density at radius 2 is 1.39 bits per heavy atom. The Bertz CT molecular complexity index is 709. The van der Waals surface area contributed by atoms with Gasteiger partial charge in [-0.25, -0.2) is 4.79 Å². The maximum Gasteiger partial charge on any atom is 0.344 e. The highest BCUT2D eigenvalue weighted by molar-refractivity contribution is 14.1. The van der Waals surface area contributed by atoms with Crippen molar-refractivity contribution in [2.45, 2.75) is 126 Å². The summed E-state index contributed by atoms with van der Waals surface area (Å²) in [5.74, 6) is -0.626. The number of carbonyl (C=O) groups excluding carboxylic acids is 2. The second kappa shape index (κ2) is 9.57. The molecule has 0 aromatic rings. The van der Waals surface area contributed by atoms with Crippen LogP contribution in [0.25, 0.3) is 0 Å². The number of hydrogen-bond acceptors (Lipinski definition) is 6. The molecule has 7 heteroatoms. The van der Waals surface area contributed by atoms with E-state index >= 15 is 0 Å². The molecule has 4 aliphatic carbocycles. The van der Waals surface area contributed by atoms with Gasteiger partial charge in [-0.1, -0.05) is 57.2 Å². The molecule has 0 radical (unpaired) electrons. The minimum Gasteiger partial charge on any atom is -0.456 e. The lowest BCUT2D eigenvalue weighted by Crippen LogP contribution is -2.71. The molecular weight excluding hydrogens is 535 g/mol. The third-order valence-corrected chi connectivity index (χ3v) is 11.0. The highest BCUT2D eigenvalue weighted by Gasteiger charge is 2.72. The maximum absolute atomic E-state index is 12.9. The molecule has 6 nitrogen and oxygen atoms in total. The molecule has 0 heterocycles. The molecule has 4 fully saturated rings. The van der Waals surface area contributed by atoms with E-state index < -0.39 is 28.7 Å². The molecule has 3 unspecified atom stereocenters. The lowest BCUT2D eigenvalue weighted by atomic mass is 9.36. The number of rotatable bonds is 11. The largest absolute Gasteiger partial charge is 0.456 e. The molecule has 4 bridgehead atoms. The van der Waals surface area contributed by atoms with Gasteiger partial charge in [-0.15, -0.1) is 0 Å². The van der Waals surface area contributed by atoms with Gasteiger partial charge < -0.3 is 19.7 Å². The Balaban J connectivity index is 1.94. The molecule has 0 saturated heterocycles. The van der Waals surface area contributed by atoms with E-state index in [0.29, 0.717) is 50.9 Å². The summed E-state index contributed by atoms with van der Waals surface area (Å²) in [5, 5.41) is 23.7. The zero-order chi connectivity index (χ0) is 24.7. The number of ether oxygens (including phenoxy) is 2. The van der Waals surface area contributed by atoms with Crippen molar-refractivity contribution < 1.29 is 29.3 Å². The molecular formula is C26H43IO6. The quantitative estimate of drug-likeness (QED) is 0.202. The molecule has 4 aliphatic rings. The minimum absolute atomic E-state index is 0.283. The smallest absolute Gasteiger partial charge is 0.344 e. The van der Waals surface area contributed by atoms with Gasteiger partial charge in [0.25, 0.3) is 0 Å². The van der Waals surface area contributed by atoms with E-state index in [2.05, 4.69) is 0 Å². The van der Waals surface area contributed by atoms with Crippen molar-refractivity contribution >= 4 is 34.5 Å². The molecule has 33 heavy (non-hydrogen) atoms. The van der Waals surface area contributed by atoms with Crippen molar-refractivity contribution in [2.75, 3.05) is 6.61 Å². The number of esters is 2. The Hall–Kier alpha value is -0.410. The van der Waals surface area contributed by atoms with Gasteiger partial charge in [-0.3, -0.25) is 4.79 Å². The van der Waals surface area contributed by atoms with Crippen LogP contribution in [0.3, 0.4) is 0 Å². The SMILES string of the molecule is CCC(I)C(=O)OCC(=O)OC12CC3CC(C(O)(CC)CC)(C1)CC(C(O)(CC)CC)(C3)C2. The summed E-state index contributed by atoms with van der Waals surface area (Å²) in [6.45, 7) is 9.65. The van der Waals surface area contributed by atoms with Crippen molar-refractivity contribution in [3.05, 3.63) is 0 Å². The van der Waals surface area contributed by atoms with E-state index in [1.54, 1.807) is 0 Å². The monoisotopic (exact) mass is 578 g/mol. The first-order chi connectivity index (χ1) is 15.4. The molecule has 190 valence electrons. The second-order valence-electron chi connectivity index (χ2n) is 11.2. The second-order valence-corrected chi connectivity index (χ2v) is 12.7. The number of aliphatic hydroxyl groups is 2. The normalized spacial score (nSPS) is 34.2. The fourth-order valence-electron chi connectivity index (χ4n) is 8.16. The molecule has 0 spiro atoms. The van der Waals surface area contributed by atoms with Gasteiger partial charge in [0.2, 0.25) is 0 Å². The number of halogens is 1. The van der Waals surface area contributed by atoms with Gasteiger partial charge in [-0.2, -0.15) is 0 Å². The minimum atomic E-state index is -0.861. The topological polar surface area (TPSA) is 93.1 Å². The van der Waals surface area contributed by atoms with Gasteiger partial charge in [0.1, 0.15) is 9.53 Å². The van der Waals surface area contributed by atoms with E-state index in [-0.39, 0.29) is 21.4 Å². The maximum atomic E-state index is 12.9. The summed E-state index contributed by atoms with van der Waals surface area (Å²) >= 11 is 2.02. The van der Waals surface area contributed by atoms with Crippen LogP contribution in [0.4, 0.5) is 0 Å². The van der Waals surface area contributed by atoms with Crippen LogP contribution in [0.2, 0.25) is 0 Å².